The van der Waals surface area contributed by atoms with Gasteiger partial charge in [-0.05, 0) is 91.6 Å². The molecule has 4 fully saturated rings. The summed E-state index contributed by atoms with van der Waals surface area (Å²) < 4.78 is 65.2. The molecule has 254 valence electrons. The number of pyridine rings is 2. The number of likely N-dealkylation sites (tertiary alicyclic amines) is 1. The number of aromatic nitrogens is 2. The summed E-state index contributed by atoms with van der Waals surface area (Å²) in [7, 11) is 0. The third-order valence-electron chi connectivity index (χ3n) is 8.98. The average Bonchev–Trinajstić information content (AvgIpc) is 3.98. The highest BCUT2D eigenvalue weighted by atomic mass is 19.3. The molecule has 2 amide bonds. The summed E-state index contributed by atoms with van der Waals surface area (Å²) in [4.78, 5) is 46.1. The molecule has 4 heterocycles. The van der Waals surface area contributed by atoms with Crippen molar-refractivity contribution in [1.82, 2.24) is 19.8 Å². The number of carbonyl (C=O) groups is 2. The maximum atomic E-state index is 13.7. The van der Waals surface area contributed by atoms with Crippen LogP contribution in [0.2, 0.25) is 0 Å². The summed E-state index contributed by atoms with van der Waals surface area (Å²) in [5, 5.41) is 6.13. The number of amides is 2. The van der Waals surface area contributed by atoms with E-state index in [1.807, 2.05) is 0 Å². The molecule has 48 heavy (non-hydrogen) atoms. The monoisotopic (exact) mass is 669 g/mol. The van der Waals surface area contributed by atoms with Crippen molar-refractivity contribution in [3.8, 4) is 16.9 Å². The predicted molar refractivity (Wildman–Crippen MR) is 167 cm³/mol. The Bertz CT molecular complexity index is 1780. The first-order valence-electron chi connectivity index (χ1n) is 16.2. The van der Waals surface area contributed by atoms with Crippen molar-refractivity contribution in [2.24, 2.45) is 0 Å². The first-order chi connectivity index (χ1) is 23.0. The summed E-state index contributed by atoms with van der Waals surface area (Å²) in [6.45, 7) is -2.90. The van der Waals surface area contributed by atoms with Crippen molar-refractivity contribution in [2.75, 3.05) is 31.6 Å². The molecule has 2 aromatic heterocycles. The first-order valence-corrected chi connectivity index (χ1v) is 16.2. The molecule has 0 radical (unpaired) electrons. The summed E-state index contributed by atoms with van der Waals surface area (Å²) in [6, 6.07) is 8.63. The van der Waals surface area contributed by atoms with E-state index in [0.29, 0.717) is 24.3 Å². The molecule has 2 N–H and O–H groups in total. The Morgan fingerprint density at radius 2 is 1.83 bits per heavy atom. The van der Waals surface area contributed by atoms with E-state index in [0.717, 1.165) is 61.7 Å². The molecule has 1 aromatic carbocycles. The van der Waals surface area contributed by atoms with Gasteiger partial charge in [0.15, 0.2) is 0 Å². The van der Waals surface area contributed by atoms with Crippen molar-refractivity contribution in [3.63, 3.8) is 0 Å². The van der Waals surface area contributed by atoms with Crippen LogP contribution in [0.15, 0.2) is 47.4 Å². The van der Waals surface area contributed by atoms with E-state index in [-0.39, 0.29) is 46.3 Å². The molecule has 2 aliphatic heterocycles. The number of nitrogens with one attached hydrogen (secondary N) is 2. The topological polar surface area (TPSA) is 115 Å². The van der Waals surface area contributed by atoms with E-state index in [1.165, 1.54) is 18.2 Å². The minimum atomic E-state index is -3.16. The Morgan fingerprint density at radius 3 is 2.50 bits per heavy atom. The zero-order chi connectivity index (χ0) is 33.6. The number of anilines is 1. The summed E-state index contributed by atoms with van der Waals surface area (Å²) >= 11 is 0. The van der Waals surface area contributed by atoms with Crippen molar-refractivity contribution < 1.29 is 36.6 Å². The molecular weight excluding hydrogens is 634 g/mol. The number of ether oxygens (including phenoxy) is 2. The summed E-state index contributed by atoms with van der Waals surface area (Å²) in [5.41, 5.74) is 1.54. The fourth-order valence-electron chi connectivity index (χ4n) is 6.22. The number of rotatable bonds is 12. The van der Waals surface area contributed by atoms with E-state index in [1.54, 1.807) is 22.9 Å². The number of hydrogen-bond donors (Lipinski definition) is 2. The Labute approximate surface area is 273 Å². The second-order valence-corrected chi connectivity index (χ2v) is 13.0. The van der Waals surface area contributed by atoms with Gasteiger partial charge in [-0.15, -0.1) is 0 Å². The second-order valence-electron chi connectivity index (χ2n) is 13.0. The Balaban J connectivity index is 1.19. The van der Waals surface area contributed by atoms with Crippen LogP contribution in [0.3, 0.4) is 0 Å². The Hall–Kier alpha value is -4.30. The Kier molecular flexibility index (Phi) is 8.71. The number of hydrogen-bond acceptors (Lipinski definition) is 7. The van der Waals surface area contributed by atoms with Crippen LogP contribution in [-0.2, 0) is 11.3 Å². The highest BCUT2D eigenvalue weighted by Crippen LogP contribution is 2.42. The largest absolute Gasteiger partial charge is 0.435 e. The van der Waals surface area contributed by atoms with Crippen LogP contribution in [0, 0.1) is 0 Å². The van der Waals surface area contributed by atoms with Crippen LogP contribution >= 0.6 is 0 Å². The maximum Gasteiger partial charge on any atom is 0.387 e. The van der Waals surface area contributed by atoms with E-state index < -0.39 is 43.0 Å². The third kappa shape index (κ3) is 7.24. The minimum Gasteiger partial charge on any atom is -0.435 e. The van der Waals surface area contributed by atoms with Crippen LogP contribution in [0.25, 0.3) is 11.1 Å². The van der Waals surface area contributed by atoms with Gasteiger partial charge >= 0.3 is 6.61 Å². The van der Waals surface area contributed by atoms with Gasteiger partial charge < -0.3 is 29.6 Å². The van der Waals surface area contributed by atoms with Gasteiger partial charge in [0.2, 0.25) is 0 Å². The van der Waals surface area contributed by atoms with E-state index in [2.05, 4.69) is 20.4 Å². The number of halogens is 4. The molecule has 1 atom stereocenters. The van der Waals surface area contributed by atoms with Crippen molar-refractivity contribution >= 4 is 17.6 Å². The van der Waals surface area contributed by atoms with Crippen LogP contribution in [0.4, 0.5) is 23.4 Å². The van der Waals surface area contributed by atoms with E-state index in [4.69, 9.17) is 4.74 Å². The lowest BCUT2D eigenvalue weighted by Crippen LogP contribution is -2.58. The molecule has 0 spiro atoms. The van der Waals surface area contributed by atoms with Crippen molar-refractivity contribution in [1.29, 1.82) is 0 Å². The smallest absolute Gasteiger partial charge is 0.387 e. The fourth-order valence-corrected chi connectivity index (χ4v) is 6.22. The quantitative estimate of drug-likeness (QED) is 0.251. The molecule has 14 heteroatoms. The van der Waals surface area contributed by atoms with Gasteiger partial charge in [0.05, 0.1) is 24.8 Å². The SMILES string of the molecule is O=C(Nc1cc(-c2ccc(OC(F)F)cc2C(=O)N2CC(F)(F)C2)cc(C2CC2)n1)c1cc(CNC[C@@H]2CCCO2)cn(C2CC2)c1=O. The summed E-state index contributed by atoms with van der Waals surface area (Å²) in [5.74, 6) is -4.53. The zero-order valence-electron chi connectivity index (χ0n) is 26.0. The maximum absolute atomic E-state index is 13.7. The van der Waals surface area contributed by atoms with Gasteiger partial charge in [-0.25, -0.2) is 13.8 Å². The van der Waals surface area contributed by atoms with Crippen LogP contribution in [0.1, 0.15) is 82.5 Å². The molecule has 7 rings (SSSR count). The molecule has 0 bridgehead atoms. The highest BCUT2D eigenvalue weighted by Gasteiger charge is 2.47. The van der Waals surface area contributed by atoms with Gasteiger partial charge in [0.25, 0.3) is 23.3 Å². The lowest BCUT2D eigenvalue weighted by molar-refractivity contribution is -0.113. The lowest BCUT2D eigenvalue weighted by atomic mass is 9.96. The second kappa shape index (κ2) is 13.0. The molecule has 3 aromatic rings. The molecule has 2 saturated carbocycles. The normalized spacial score (nSPS) is 20.1. The third-order valence-corrected chi connectivity index (χ3v) is 8.98. The molecular formula is C34H35F4N5O5. The van der Waals surface area contributed by atoms with Crippen LogP contribution in [0.5, 0.6) is 5.75 Å². The predicted octanol–water partition coefficient (Wildman–Crippen LogP) is 5.34. The highest BCUT2D eigenvalue weighted by molar-refractivity contribution is 6.05. The first kappa shape index (κ1) is 32.3. The van der Waals surface area contributed by atoms with E-state index in [9.17, 15) is 31.9 Å². The van der Waals surface area contributed by atoms with Crippen molar-refractivity contribution in [3.05, 3.63) is 75.3 Å². The number of nitrogens with zero attached hydrogens (tertiary/aromatic N) is 3. The average molecular weight is 670 g/mol. The van der Waals surface area contributed by atoms with E-state index >= 15 is 0 Å². The number of benzene rings is 1. The van der Waals surface area contributed by atoms with Gasteiger partial charge in [-0.2, -0.15) is 8.78 Å². The Morgan fingerprint density at radius 1 is 1.04 bits per heavy atom. The van der Waals surface area contributed by atoms with Crippen molar-refractivity contribution in [2.45, 2.75) is 75.7 Å². The van der Waals surface area contributed by atoms with Gasteiger partial charge in [-0.1, -0.05) is 0 Å². The molecule has 2 aliphatic carbocycles. The number of alkyl halides is 4. The van der Waals surface area contributed by atoms with Gasteiger partial charge in [-0.3, -0.25) is 14.4 Å². The lowest BCUT2D eigenvalue weighted by Gasteiger charge is -2.39. The summed E-state index contributed by atoms with van der Waals surface area (Å²) in [6.07, 6.45) is 7.33. The zero-order valence-corrected chi connectivity index (χ0v) is 26.0. The van der Waals surface area contributed by atoms with Crippen LogP contribution in [-0.4, -0.2) is 71.1 Å². The van der Waals surface area contributed by atoms with Crippen LogP contribution < -0.4 is 20.9 Å². The molecule has 4 aliphatic rings. The minimum absolute atomic E-state index is 0.0319. The van der Waals surface area contributed by atoms with Gasteiger partial charge in [0, 0.05) is 43.5 Å². The molecule has 0 unspecified atom stereocenters. The molecule has 10 nitrogen and oxygen atoms in total. The van der Waals surface area contributed by atoms with Gasteiger partial charge in [0.1, 0.15) is 17.1 Å². The fraction of sp³-hybridized carbons (Fsp3) is 0.471. The molecule has 2 saturated heterocycles. The standard InChI is InChI=1S/C34H35F4N5O5/c35-33(36)48-23-7-8-25(26(13-23)31(45)42-17-34(37,38)18-42)21-11-28(20-3-4-20)40-29(12-21)41-30(44)27-10-19(14-39-15-24-2-1-9-47-24)16-43(32(27)46)22-5-6-22/h7-8,10-13,16,20,22,24,33,39H,1-6,9,14-15,17-18H2,(H,40,41,44)/t24-/m0/s1. The number of carbonyl (C=O) groups excluding carboxylic acids is 2.